The number of halogens is 3. The fraction of sp³-hybridized carbons (Fsp3) is 0.152. The number of anilines is 2. The van der Waals surface area contributed by atoms with E-state index in [2.05, 4.69) is 25.3 Å². The van der Waals surface area contributed by atoms with Gasteiger partial charge in [0.25, 0.3) is 0 Å². The van der Waals surface area contributed by atoms with Gasteiger partial charge in [0.15, 0.2) is 14.9 Å². The van der Waals surface area contributed by atoms with E-state index in [4.69, 9.17) is 21.1 Å². The molecule has 0 saturated carbocycles. The molecule has 1 unspecified atom stereocenters. The van der Waals surface area contributed by atoms with Crippen LogP contribution in [0.5, 0.6) is 5.75 Å². The number of rotatable bonds is 12. The average molecular weight is 694 g/mol. The molecule has 0 aliphatic heterocycles. The van der Waals surface area contributed by atoms with E-state index in [0.717, 1.165) is 0 Å². The SMILES string of the molecule is CC(OCCS(=O)(=O)c1ccccn1)c1nc(-c2cc3c(Nc4ccc(OCc5cccc(F)c5)c(Cl)c4)ncnc3cc2F)cs1. The summed E-state index contributed by atoms with van der Waals surface area (Å²) >= 11 is 7.75. The molecule has 1 atom stereocenters. The summed E-state index contributed by atoms with van der Waals surface area (Å²) in [6.07, 6.45) is 2.23. The van der Waals surface area contributed by atoms with Crippen molar-refractivity contribution in [1.29, 1.82) is 0 Å². The van der Waals surface area contributed by atoms with Crippen molar-refractivity contribution >= 4 is 55.2 Å². The van der Waals surface area contributed by atoms with Gasteiger partial charge in [0.05, 0.1) is 28.6 Å². The Balaban J connectivity index is 1.16. The van der Waals surface area contributed by atoms with Crippen molar-refractivity contribution in [2.24, 2.45) is 0 Å². The lowest BCUT2D eigenvalue weighted by molar-refractivity contribution is 0.0775. The highest BCUT2D eigenvalue weighted by Crippen LogP contribution is 2.35. The first-order valence-electron chi connectivity index (χ1n) is 14.3. The summed E-state index contributed by atoms with van der Waals surface area (Å²) in [6, 6.07) is 18.8. The number of fused-ring (bicyclic) bond motifs is 1. The van der Waals surface area contributed by atoms with Gasteiger partial charge in [-0.2, -0.15) is 0 Å². The van der Waals surface area contributed by atoms with Gasteiger partial charge in [0.1, 0.15) is 47.2 Å². The van der Waals surface area contributed by atoms with Gasteiger partial charge in [-0.25, -0.2) is 37.1 Å². The molecule has 1 N–H and O–H groups in total. The minimum absolute atomic E-state index is 0.0100. The van der Waals surface area contributed by atoms with E-state index in [1.807, 2.05) is 0 Å². The fourth-order valence-corrected chi connectivity index (χ4v) is 6.72. The van der Waals surface area contributed by atoms with Crippen LogP contribution < -0.4 is 10.1 Å². The Bertz CT molecular complexity index is 2150. The van der Waals surface area contributed by atoms with Crippen molar-refractivity contribution in [3.8, 4) is 17.0 Å². The van der Waals surface area contributed by atoms with Crippen LogP contribution in [0.25, 0.3) is 22.2 Å². The van der Waals surface area contributed by atoms with E-state index < -0.39 is 21.8 Å². The minimum atomic E-state index is -3.59. The zero-order chi connectivity index (χ0) is 33.0. The van der Waals surface area contributed by atoms with Crippen LogP contribution in [0.2, 0.25) is 5.02 Å². The van der Waals surface area contributed by atoms with E-state index in [0.29, 0.717) is 49.4 Å². The van der Waals surface area contributed by atoms with Gasteiger partial charge in [0, 0.05) is 34.3 Å². The second-order valence-corrected chi connectivity index (χ2v) is 13.7. The second-order valence-electron chi connectivity index (χ2n) is 10.3. The topological polar surface area (TPSA) is 116 Å². The highest BCUT2D eigenvalue weighted by Gasteiger charge is 2.20. The molecule has 0 radical (unpaired) electrons. The van der Waals surface area contributed by atoms with Gasteiger partial charge in [-0.05, 0) is 61.0 Å². The molecule has 0 aliphatic rings. The van der Waals surface area contributed by atoms with Crippen LogP contribution in [0, 0.1) is 11.6 Å². The number of hydrogen-bond donors (Lipinski definition) is 1. The Morgan fingerprint density at radius 2 is 1.87 bits per heavy atom. The molecule has 3 heterocycles. The molecule has 0 bridgehead atoms. The molecule has 14 heteroatoms. The molecular weight excluding hydrogens is 668 g/mol. The number of benzene rings is 3. The first kappa shape index (κ1) is 32.4. The van der Waals surface area contributed by atoms with Gasteiger partial charge in [0.2, 0.25) is 0 Å². The van der Waals surface area contributed by atoms with Crippen LogP contribution >= 0.6 is 22.9 Å². The van der Waals surface area contributed by atoms with Crippen molar-refractivity contribution in [3.63, 3.8) is 0 Å². The number of thiazole rings is 1. The van der Waals surface area contributed by atoms with Gasteiger partial charge >= 0.3 is 0 Å². The van der Waals surface area contributed by atoms with Crippen LogP contribution in [-0.4, -0.2) is 40.7 Å². The average Bonchev–Trinajstić information content (AvgIpc) is 3.55. The van der Waals surface area contributed by atoms with Crippen molar-refractivity contribution in [2.75, 3.05) is 17.7 Å². The summed E-state index contributed by atoms with van der Waals surface area (Å²) in [7, 11) is -3.59. The van der Waals surface area contributed by atoms with E-state index in [1.54, 1.807) is 60.8 Å². The lowest BCUT2D eigenvalue weighted by Gasteiger charge is -2.13. The number of pyridine rings is 1. The molecule has 6 rings (SSSR count). The van der Waals surface area contributed by atoms with E-state index in [9.17, 15) is 12.8 Å². The Kier molecular flexibility index (Phi) is 9.68. The van der Waals surface area contributed by atoms with Gasteiger partial charge in [-0.1, -0.05) is 29.8 Å². The van der Waals surface area contributed by atoms with Gasteiger partial charge in [-0.3, -0.25) is 0 Å². The number of aromatic nitrogens is 4. The van der Waals surface area contributed by atoms with E-state index >= 15 is 4.39 Å². The molecule has 6 aromatic rings. The summed E-state index contributed by atoms with van der Waals surface area (Å²) in [5.41, 5.74) is 2.28. The number of sulfone groups is 1. The first-order valence-corrected chi connectivity index (χ1v) is 17.2. The Morgan fingerprint density at radius 1 is 1.00 bits per heavy atom. The summed E-state index contributed by atoms with van der Waals surface area (Å²) < 4.78 is 65.3. The third-order valence-corrected chi connectivity index (χ3v) is 9.91. The third-order valence-electron chi connectivity index (χ3n) is 7.02. The molecule has 0 fully saturated rings. The van der Waals surface area contributed by atoms with Crippen molar-refractivity contribution < 1.29 is 26.7 Å². The smallest absolute Gasteiger partial charge is 0.197 e. The molecular formula is C33H26ClF2N5O4S2. The maximum absolute atomic E-state index is 15.3. The van der Waals surface area contributed by atoms with Crippen molar-refractivity contribution in [2.45, 2.75) is 24.7 Å². The molecule has 0 saturated heterocycles. The summed E-state index contributed by atoms with van der Waals surface area (Å²) in [5, 5.41) is 6.35. The Labute approximate surface area is 278 Å². The number of hydrogen-bond acceptors (Lipinski definition) is 10. The van der Waals surface area contributed by atoms with Crippen molar-refractivity contribution in [1.82, 2.24) is 19.9 Å². The zero-order valence-corrected chi connectivity index (χ0v) is 27.1. The molecule has 0 spiro atoms. The molecule has 0 aliphatic carbocycles. The summed E-state index contributed by atoms with van der Waals surface area (Å²) in [6.45, 7) is 1.84. The summed E-state index contributed by atoms with van der Waals surface area (Å²) in [5.74, 6) is -0.263. The molecule has 9 nitrogen and oxygen atoms in total. The van der Waals surface area contributed by atoms with Crippen LogP contribution in [0.1, 0.15) is 23.6 Å². The quantitative estimate of drug-likeness (QED) is 0.136. The molecule has 3 aromatic carbocycles. The van der Waals surface area contributed by atoms with Crippen LogP contribution in [-0.2, 0) is 21.2 Å². The molecule has 0 amide bonds. The highest BCUT2D eigenvalue weighted by atomic mass is 35.5. The number of ether oxygens (including phenoxy) is 2. The lowest BCUT2D eigenvalue weighted by Crippen LogP contribution is -2.15. The van der Waals surface area contributed by atoms with Crippen LogP contribution in [0.4, 0.5) is 20.3 Å². The predicted octanol–water partition coefficient (Wildman–Crippen LogP) is 7.95. The Hall–Kier alpha value is -4.56. The van der Waals surface area contributed by atoms with Gasteiger partial charge < -0.3 is 14.8 Å². The zero-order valence-electron chi connectivity index (χ0n) is 24.7. The predicted molar refractivity (Wildman–Crippen MR) is 177 cm³/mol. The van der Waals surface area contributed by atoms with Crippen LogP contribution in [0.15, 0.2) is 95.7 Å². The Morgan fingerprint density at radius 3 is 2.66 bits per heavy atom. The molecule has 240 valence electrons. The maximum atomic E-state index is 15.3. The largest absolute Gasteiger partial charge is 0.487 e. The second kappa shape index (κ2) is 14.1. The number of nitrogens with zero attached hydrogens (tertiary/aromatic N) is 4. The standard InChI is InChI=1S/C33H26ClF2N5O4S2/c1-20(44-11-12-47(42,43)31-7-2-3-10-37-31)33-41-29(18-46-33)24-15-25-28(16-27(24)36)38-19-39-32(25)40-23-8-9-30(26(34)14-23)45-17-21-5-4-6-22(35)13-21/h2-10,13-16,18-20H,11-12,17H2,1H3,(H,38,39,40). The van der Waals surface area contributed by atoms with Crippen LogP contribution in [0.3, 0.4) is 0 Å². The maximum Gasteiger partial charge on any atom is 0.197 e. The number of nitrogens with one attached hydrogen (secondary N) is 1. The lowest BCUT2D eigenvalue weighted by atomic mass is 10.1. The third kappa shape index (κ3) is 7.71. The molecule has 3 aromatic heterocycles. The fourth-order valence-electron chi connectivity index (χ4n) is 4.63. The molecule has 47 heavy (non-hydrogen) atoms. The summed E-state index contributed by atoms with van der Waals surface area (Å²) in [4.78, 5) is 17.1. The van der Waals surface area contributed by atoms with Gasteiger partial charge in [-0.15, -0.1) is 11.3 Å². The van der Waals surface area contributed by atoms with E-state index in [-0.39, 0.29) is 35.4 Å². The van der Waals surface area contributed by atoms with E-state index in [1.165, 1.54) is 48.1 Å². The van der Waals surface area contributed by atoms with Crippen molar-refractivity contribution in [3.05, 3.63) is 118 Å². The monoisotopic (exact) mass is 693 g/mol. The minimum Gasteiger partial charge on any atom is -0.487 e. The highest BCUT2D eigenvalue weighted by molar-refractivity contribution is 7.91. The normalized spacial score (nSPS) is 12.3. The first-order chi connectivity index (χ1) is 22.7.